The third kappa shape index (κ3) is 3.04. The molecule has 2 aromatic heterocycles. The van der Waals surface area contributed by atoms with E-state index in [0.717, 1.165) is 28.6 Å². The predicted molar refractivity (Wildman–Crippen MR) is 85.5 cm³/mol. The first kappa shape index (κ1) is 14.0. The highest BCUT2D eigenvalue weighted by atomic mass is 15.0. The first-order valence-electron chi connectivity index (χ1n) is 7.68. The van der Waals surface area contributed by atoms with Crippen molar-refractivity contribution in [1.82, 2.24) is 15.0 Å². The molecule has 0 unspecified atom stereocenters. The first-order chi connectivity index (χ1) is 10.2. The lowest BCUT2D eigenvalue weighted by Gasteiger charge is -2.13. The second-order valence-corrected chi connectivity index (χ2v) is 5.87. The number of nitrogens with zero attached hydrogens (tertiary/aromatic N) is 3. The lowest BCUT2D eigenvalue weighted by molar-refractivity contribution is 0.696. The second kappa shape index (κ2) is 5.80. The molecule has 2 aromatic rings. The summed E-state index contributed by atoms with van der Waals surface area (Å²) in [4.78, 5) is 13.9. The Kier molecular flexibility index (Phi) is 3.86. The Morgan fingerprint density at radius 1 is 0.952 bits per heavy atom. The van der Waals surface area contributed by atoms with Gasteiger partial charge in [0.25, 0.3) is 0 Å². The van der Waals surface area contributed by atoms with Gasteiger partial charge < -0.3 is 5.32 Å². The average molecular weight is 282 g/mol. The Bertz CT molecular complexity index is 625. The van der Waals surface area contributed by atoms with E-state index in [2.05, 4.69) is 33.5 Å². The number of rotatable bonds is 3. The maximum absolute atomic E-state index is 4.84. The van der Waals surface area contributed by atoms with Crippen molar-refractivity contribution in [3.8, 4) is 11.4 Å². The third-order valence-electron chi connectivity index (χ3n) is 4.12. The Morgan fingerprint density at radius 2 is 1.62 bits per heavy atom. The molecule has 1 aliphatic carbocycles. The summed E-state index contributed by atoms with van der Waals surface area (Å²) in [6.45, 7) is 4.02. The van der Waals surface area contributed by atoms with E-state index in [1.54, 1.807) is 0 Å². The molecule has 4 nitrogen and oxygen atoms in total. The van der Waals surface area contributed by atoms with E-state index >= 15 is 0 Å². The monoisotopic (exact) mass is 282 g/mol. The molecule has 1 N–H and O–H groups in total. The highest BCUT2D eigenvalue weighted by Crippen LogP contribution is 2.34. The van der Waals surface area contributed by atoms with Crippen molar-refractivity contribution in [2.75, 3.05) is 12.4 Å². The minimum atomic E-state index is 0.586. The minimum Gasteiger partial charge on any atom is -0.373 e. The van der Waals surface area contributed by atoms with Crippen LogP contribution in [-0.2, 0) is 0 Å². The number of hydrogen-bond acceptors (Lipinski definition) is 4. The molecule has 0 saturated heterocycles. The maximum Gasteiger partial charge on any atom is 0.161 e. The van der Waals surface area contributed by atoms with Gasteiger partial charge in [0.05, 0.1) is 0 Å². The quantitative estimate of drug-likeness (QED) is 0.929. The molecule has 21 heavy (non-hydrogen) atoms. The van der Waals surface area contributed by atoms with Gasteiger partial charge in [0.15, 0.2) is 5.82 Å². The second-order valence-electron chi connectivity index (χ2n) is 5.87. The molecule has 0 spiro atoms. The Morgan fingerprint density at radius 3 is 2.24 bits per heavy atom. The summed E-state index contributed by atoms with van der Waals surface area (Å²) in [5, 5.41) is 3.16. The molecule has 0 aliphatic heterocycles. The zero-order valence-corrected chi connectivity index (χ0v) is 13.0. The molecule has 2 heterocycles. The van der Waals surface area contributed by atoms with Gasteiger partial charge in [-0.25, -0.2) is 9.97 Å². The molecule has 0 bridgehead atoms. The molecule has 3 rings (SSSR count). The lowest BCUT2D eigenvalue weighted by atomic mass is 10.0. The fourth-order valence-corrected chi connectivity index (χ4v) is 3.12. The molecule has 110 valence electrons. The number of nitrogens with one attached hydrogen (secondary N) is 1. The SMILES string of the molecule is CNc1cc(C2CCCC2)nc(-c2cc(C)nc(C)c2)n1. The molecular formula is C17H22N4. The van der Waals surface area contributed by atoms with Crippen LogP contribution in [0.5, 0.6) is 0 Å². The molecule has 0 atom stereocenters. The van der Waals surface area contributed by atoms with E-state index in [9.17, 15) is 0 Å². The summed E-state index contributed by atoms with van der Waals surface area (Å²) in [6, 6.07) is 6.21. The summed E-state index contributed by atoms with van der Waals surface area (Å²) >= 11 is 0. The molecule has 1 saturated carbocycles. The average Bonchev–Trinajstić information content (AvgIpc) is 3.00. The molecule has 0 amide bonds. The van der Waals surface area contributed by atoms with Gasteiger partial charge in [-0.1, -0.05) is 12.8 Å². The van der Waals surface area contributed by atoms with E-state index in [4.69, 9.17) is 4.98 Å². The van der Waals surface area contributed by atoms with Crippen LogP contribution in [0.2, 0.25) is 0 Å². The van der Waals surface area contributed by atoms with Gasteiger partial charge in [-0.3, -0.25) is 4.98 Å². The zero-order chi connectivity index (χ0) is 14.8. The standard InChI is InChI=1S/C17H22N4/c1-11-8-14(9-12(2)19-11)17-20-15(10-16(18-3)21-17)13-6-4-5-7-13/h8-10,13H,4-7H2,1-3H3,(H,18,20,21). The van der Waals surface area contributed by atoms with E-state index in [1.807, 2.05) is 20.9 Å². The van der Waals surface area contributed by atoms with Crippen LogP contribution in [0.3, 0.4) is 0 Å². The predicted octanol–water partition coefficient (Wildman–Crippen LogP) is 3.85. The van der Waals surface area contributed by atoms with Gasteiger partial charge in [0, 0.05) is 41.7 Å². The molecular weight excluding hydrogens is 260 g/mol. The van der Waals surface area contributed by atoms with Crippen molar-refractivity contribution in [2.24, 2.45) is 0 Å². The number of aromatic nitrogens is 3. The van der Waals surface area contributed by atoms with Gasteiger partial charge >= 0.3 is 0 Å². The third-order valence-corrected chi connectivity index (χ3v) is 4.12. The molecule has 1 aliphatic rings. The summed E-state index contributed by atoms with van der Waals surface area (Å²) in [7, 11) is 1.91. The van der Waals surface area contributed by atoms with Crippen molar-refractivity contribution in [3.63, 3.8) is 0 Å². The first-order valence-corrected chi connectivity index (χ1v) is 7.68. The van der Waals surface area contributed by atoms with Gasteiger partial charge in [-0.15, -0.1) is 0 Å². The van der Waals surface area contributed by atoms with Crippen LogP contribution in [0.4, 0.5) is 5.82 Å². The molecule has 4 heteroatoms. The van der Waals surface area contributed by atoms with Crippen molar-refractivity contribution < 1.29 is 0 Å². The van der Waals surface area contributed by atoms with Crippen molar-refractivity contribution >= 4 is 5.82 Å². The van der Waals surface area contributed by atoms with Crippen LogP contribution in [0.15, 0.2) is 18.2 Å². The van der Waals surface area contributed by atoms with Crippen molar-refractivity contribution in [3.05, 3.63) is 35.3 Å². The number of aryl methyl sites for hydroxylation is 2. The summed E-state index contributed by atoms with van der Waals surface area (Å²) < 4.78 is 0. The van der Waals surface area contributed by atoms with E-state index in [1.165, 1.54) is 31.4 Å². The number of pyridine rings is 1. The zero-order valence-electron chi connectivity index (χ0n) is 13.0. The topological polar surface area (TPSA) is 50.7 Å². The largest absolute Gasteiger partial charge is 0.373 e. The smallest absolute Gasteiger partial charge is 0.161 e. The van der Waals surface area contributed by atoms with Crippen molar-refractivity contribution in [1.29, 1.82) is 0 Å². The van der Waals surface area contributed by atoms with Gasteiger partial charge in [-0.2, -0.15) is 0 Å². The fraction of sp³-hybridized carbons (Fsp3) is 0.471. The highest BCUT2D eigenvalue weighted by molar-refractivity contribution is 5.58. The van der Waals surface area contributed by atoms with E-state index < -0.39 is 0 Å². The van der Waals surface area contributed by atoms with Crippen LogP contribution in [0.1, 0.15) is 48.7 Å². The summed E-state index contributed by atoms with van der Waals surface area (Å²) in [5.41, 5.74) is 4.24. The minimum absolute atomic E-state index is 0.586. The van der Waals surface area contributed by atoms with Gasteiger partial charge in [-0.05, 0) is 38.8 Å². The fourth-order valence-electron chi connectivity index (χ4n) is 3.12. The van der Waals surface area contributed by atoms with Crippen LogP contribution in [0, 0.1) is 13.8 Å². The van der Waals surface area contributed by atoms with Gasteiger partial charge in [0.2, 0.25) is 0 Å². The van der Waals surface area contributed by atoms with E-state index in [-0.39, 0.29) is 0 Å². The maximum atomic E-state index is 4.84. The summed E-state index contributed by atoms with van der Waals surface area (Å²) in [5.74, 6) is 2.29. The van der Waals surface area contributed by atoms with E-state index in [0.29, 0.717) is 5.92 Å². The number of anilines is 1. The van der Waals surface area contributed by atoms with Gasteiger partial charge in [0.1, 0.15) is 5.82 Å². The normalized spacial score (nSPS) is 15.4. The number of hydrogen-bond donors (Lipinski definition) is 1. The van der Waals surface area contributed by atoms with Crippen LogP contribution in [0.25, 0.3) is 11.4 Å². The highest BCUT2D eigenvalue weighted by Gasteiger charge is 2.20. The Hall–Kier alpha value is -1.97. The van der Waals surface area contributed by atoms with Crippen LogP contribution in [-0.4, -0.2) is 22.0 Å². The molecule has 1 fully saturated rings. The summed E-state index contributed by atoms with van der Waals surface area (Å²) in [6.07, 6.45) is 5.11. The lowest BCUT2D eigenvalue weighted by Crippen LogP contribution is -2.04. The molecule has 0 radical (unpaired) electrons. The molecule has 0 aromatic carbocycles. The van der Waals surface area contributed by atoms with Crippen molar-refractivity contribution in [2.45, 2.75) is 45.4 Å². The van der Waals surface area contributed by atoms with Crippen LogP contribution < -0.4 is 5.32 Å². The Balaban J connectivity index is 2.06. The van der Waals surface area contributed by atoms with Crippen LogP contribution >= 0.6 is 0 Å². The Labute approximate surface area is 126 Å².